The van der Waals surface area contributed by atoms with Gasteiger partial charge in [0, 0.05) is 4.47 Å². The molecule has 0 atom stereocenters. The Morgan fingerprint density at radius 3 is 2.59 bits per heavy atom. The van der Waals surface area contributed by atoms with Gasteiger partial charge < -0.3 is 4.74 Å². The Balaban J connectivity index is 2.87. The van der Waals surface area contributed by atoms with Gasteiger partial charge in [-0.1, -0.05) is 15.9 Å². The summed E-state index contributed by atoms with van der Waals surface area (Å²) in [5.74, 6) is -3.62. The minimum atomic E-state index is -1.12. The quantitative estimate of drug-likeness (QED) is 0.369. The lowest BCUT2D eigenvalue weighted by Gasteiger charge is -2.02. The van der Waals surface area contributed by atoms with Crippen LogP contribution in [0.4, 0.5) is 4.39 Å². The van der Waals surface area contributed by atoms with Crippen LogP contribution in [0, 0.1) is 5.82 Å². The second-order valence-electron chi connectivity index (χ2n) is 3.14. The Labute approximate surface area is 105 Å². The highest BCUT2D eigenvalue weighted by Crippen LogP contribution is 2.17. The van der Waals surface area contributed by atoms with Crippen molar-refractivity contribution in [3.05, 3.63) is 34.1 Å². The van der Waals surface area contributed by atoms with Gasteiger partial charge in [0.1, 0.15) is 5.82 Å². The molecule has 1 aromatic carbocycles. The van der Waals surface area contributed by atoms with E-state index in [0.29, 0.717) is 4.47 Å². The van der Waals surface area contributed by atoms with E-state index < -0.39 is 29.8 Å². The normalized spacial score (nSPS) is 9.82. The number of carbonyl (C=O) groups is 3. The van der Waals surface area contributed by atoms with Crippen LogP contribution >= 0.6 is 15.9 Å². The van der Waals surface area contributed by atoms with E-state index >= 15 is 0 Å². The van der Waals surface area contributed by atoms with Crippen LogP contribution in [0.5, 0.6) is 0 Å². The number of methoxy groups -OCH3 is 1. The van der Waals surface area contributed by atoms with Crippen molar-refractivity contribution in [2.45, 2.75) is 6.42 Å². The third-order valence-electron chi connectivity index (χ3n) is 1.96. The van der Waals surface area contributed by atoms with Crippen LogP contribution < -0.4 is 0 Å². The lowest BCUT2D eigenvalue weighted by Crippen LogP contribution is -2.19. The number of ether oxygens (including phenoxy) is 1. The Morgan fingerprint density at radius 2 is 2.00 bits per heavy atom. The largest absolute Gasteiger partial charge is 0.463 e. The molecule has 0 spiro atoms. The monoisotopic (exact) mass is 302 g/mol. The molecular formula is C11H8BrFO4. The Kier molecular flexibility index (Phi) is 4.51. The predicted molar refractivity (Wildman–Crippen MR) is 60.1 cm³/mol. The van der Waals surface area contributed by atoms with Crippen molar-refractivity contribution in [2.24, 2.45) is 0 Å². The van der Waals surface area contributed by atoms with Gasteiger partial charge in [-0.25, -0.2) is 9.18 Å². The molecule has 0 saturated heterocycles. The van der Waals surface area contributed by atoms with E-state index in [4.69, 9.17) is 0 Å². The summed E-state index contributed by atoms with van der Waals surface area (Å²) >= 11 is 3.08. The summed E-state index contributed by atoms with van der Waals surface area (Å²) in [5, 5.41) is 0. The summed E-state index contributed by atoms with van der Waals surface area (Å²) in [7, 11) is 1.03. The second-order valence-corrected chi connectivity index (χ2v) is 4.05. The molecular weight excluding hydrogens is 295 g/mol. The van der Waals surface area contributed by atoms with Gasteiger partial charge in [-0.05, 0) is 18.2 Å². The van der Waals surface area contributed by atoms with Gasteiger partial charge in [-0.15, -0.1) is 0 Å². The topological polar surface area (TPSA) is 60.4 Å². The van der Waals surface area contributed by atoms with Crippen molar-refractivity contribution in [2.75, 3.05) is 7.11 Å². The van der Waals surface area contributed by atoms with Gasteiger partial charge in [0.25, 0.3) is 0 Å². The average molecular weight is 303 g/mol. The molecule has 0 bridgehead atoms. The van der Waals surface area contributed by atoms with E-state index in [2.05, 4.69) is 20.7 Å². The molecule has 0 aliphatic carbocycles. The van der Waals surface area contributed by atoms with Crippen molar-refractivity contribution in [1.29, 1.82) is 0 Å². The minimum absolute atomic E-state index is 0.239. The van der Waals surface area contributed by atoms with Crippen molar-refractivity contribution in [3.63, 3.8) is 0 Å². The standard InChI is InChI=1S/C11H8BrFO4/c1-17-11(16)10(15)5-9(14)7-4-6(12)2-3-8(7)13/h2-4H,5H2,1H3. The predicted octanol–water partition coefficient (Wildman–Crippen LogP) is 1.90. The maximum absolute atomic E-state index is 13.3. The summed E-state index contributed by atoms with van der Waals surface area (Å²) in [5.41, 5.74) is -0.239. The van der Waals surface area contributed by atoms with Crippen LogP contribution in [-0.4, -0.2) is 24.6 Å². The first-order valence-corrected chi connectivity index (χ1v) is 5.34. The molecule has 0 amide bonds. The average Bonchev–Trinajstić information content (AvgIpc) is 2.30. The molecule has 0 saturated carbocycles. The first kappa shape index (κ1) is 13.5. The van der Waals surface area contributed by atoms with E-state index in [1.165, 1.54) is 12.1 Å². The van der Waals surface area contributed by atoms with Gasteiger partial charge >= 0.3 is 5.97 Å². The zero-order valence-electron chi connectivity index (χ0n) is 8.83. The number of esters is 1. The van der Waals surface area contributed by atoms with Crippen LogP contribution in [0.25, 0.3) is 0 Å². The van der Waals surface area contributed by atoms with E-state index in [1.54, 1.807) is 0 Å². The first-order valence-electron chi connectivity index (χ1n) is 4.55. The zero-order valence-corrected chi connectivity index (χ0v) is 10.4. The molecule has 0 aliphatic heterocycles. The lowest BCUT2D eigenvalue weighted by atomic mass is 10.1. The van der Waals surface area contributed by atoms with E-state index in [-0.39, 0.29) is 5.56 Å². The van der Waals surface area contributed by atoms with Gasteiger partial charge in [0.05, 0.1) is 19.1 Å². The summed E-state index contributed by atoms with van der Waals surface area (Å²) in [6.45, 7) is 0. The van der Waals surface area contributed by atoms with Crippen LogP contribution in [0.1, 0.15) is 16.8 Å². The summed E-state index contributed by atoms with van der Waals surface area (Å²) in [6.07, 6.45) is -0.708. The molecule has 17 heavy (non-hydrogen) atoms. The lowest BCUT2D eigenvalue weighted by molar-refractivity contribution is -0.151. The number of benzene rings is 1. The SMILES string of the molecule is COC(=O)C(=O)CC(=O)c1cc(Br)ccc1F. The van der Waals surface area contributed by atoms with E-state index in [1.807, 2.05) is 0 Å². The fourth-order valence-electron chi connectivity index (χ4n) is 1.14. The van der Waals surface area contributed by atoms with Gasteiger partial charge in [0.2, 0.25) is 5.78 Å². The number of Topliss-reactive ketones (excluding diaryl/α,β-unsaturated/α-hetero) is 2. The maximum atomic E-state index is 13.3. The number of hydrogen-bond acceptors (Lipinski definition) is 4. The fraction of sp³-hybridized carbons (Fsp3) is 0.182. The molecule has 1 aromatic rings. The fourth-order valence-corrected chi connectivity index (χ4v) is 1.50. The van der Waals surface area contributed by atoms with Crippen molar-refractivity contribution >= 4 is 33.5 Å². The number of rotatable bonds is 4. The maximum Gasteiger partial charge on any atom is 0.374 e. The molecule has 0 radical (unpaired) electrons. The summed E-state index contributed by atoms with van der Waals surface area (Å²) in [4.78, 5) is 33.5. The molecule has 0 heterocycles. The third-order valence-corrected chi connectivity index (χ3v) is 2.46. The molecule has 4 nitrogen and oxygen atoms in total. The first-order chi connectivity index (χ1) is 7.95. The van der Waals surface area contributed by atoms with Crippen molar-refractivity contribution in [1.82, 2.24) is 0 Å². The van der Waals surface area contributed by atoms with Crippen LogP contribution in [0.2, 0.25) is 0 Å². The third kappa shape index (κ3) is 3.45. The smallest absolute Gasteiger partial charge is 0.374 e. The second kappa shape index (κ2) is 5.67. The van der Waals surface area contributed by atoms with Crippen molar-refractivity contribution in [3.8, 4) is 0 Å². The molecule has 90 valence electrons. The molecule has 0 fully saturated rings. The zero-order chi connectivity index (χ0) is 13.0. The summed E-state index contributed by atoms with van der Waals surface area (Å²) < 4.78 is 18.0. The Hall–Kier alpha value is -1.56. The van der Waals surface area contributed by atoms with Crippen molar-refractivity contribution < 1.29 is 23.5 Å². The van der Waals surface area contributed by atoms with E-state index in [9.17, 15) is 18.8 Å². The van der Waals surface area contributed by atoms with Crippen LogP contribution in [-0.2, 0) is 14.3 Å². The number of halogens is 2. The van der Waals surface area contributed by atoms with Gasteiger partial charge in [-0.3, -0.25) is 9.59 Å². The molecule has 0 N–H and O–H groups in total. The molecule has 1 rings (SSSR count). The molecule has 0 aromatic heterocycles. The minimum Gasteiger partial charge on any atom is -0.463 e. The molecule has 0 aliphatic rings. The van der Waals surface area contributed by atoms with E-state index in [0.717, 1.165) is 13.2 Å². The number of hydrogen-bond donors (Lipinski definition) is 0. The van der Waals surface area contributed by atoms with Gasteiger partial charge in [-0.2, -0.15) is 0 Å². The molecule has 6 heteroatoms. The highest BCUT2D eigenvalue weighted by Gasteiger charge is 2.21. The highest BCUT2D eigenvalue weighted by molar-refractivity contribution is 9.10. The Morgan fingerprint density at radius 1 is 1.35 bits per heavy atom. The number of ketones is 2. The number of carbonyl (C=O) groups excluding carboxylic acids is 3. The highest BCUT2D eigenvalue weighted by atomic mass is 79.9. The summed E-state index contributed by atoms with van der Waals surface area (Å²) in [6, 6.07) is 3.77. The Bertz CT molecular complexity index is 484. The van der Waals surface area contributed by atoms with Crippen LogP contribution in [0.3, 0.4) is 0 Å². The van der Waals surface area contributed by atoms with Crippen LogP contribution in [0.15, 0.2) is 22.7 Å². The van der Waals surface area contributed by atoms with Gasteiger partial charge in [0.15, 0.2) is 5.78 Å². The molecule has 0 unspecified atom stereocenters.